The van der Waals surface area contributed by atoms with Gasteiger partial charge < -0.3 is 15.4 Å². The van der Waals surface area contributed by atoms with Gasteiger partial charge in [0.15, 0.2) is 0 Å². The van der Waals surface area contributed by atoms with Gasteiger partial charge in [-0.05, 0) is 42.3 Å². The van der Waals surface area contributed by atoms with Gasteiger partial charge in [0.25, 0.3) is 0 Å². The molecule has 1 aromatic heterocycles. The highest BCUT2D eigenvalue weighted by molar-refractivity contribution is 5.90. The van der Waals surface area contributed by atoms with Gasteiger partial charge in [0, 0.05) is 17.4 Å². The summed E-state index contributed by atoms with van der Waals surface area (Å²) in [6, 6.07) is 17.1. The highest BCUT2D eigenvalue weighted by atomic mass is 16.5. The zero-order valence-corrected chi connectivity index (χ0v) is 14.7. The Bertz CT molecular complexity index is 894. The molecule has 26 heavy (non-hydrogen) atoms. The number of carbonyl (C=O) groups excluding carboxylic acids is 1. The highest BCUT2D eigenvalue weighted by Crippen LogP contribution is 2.20. The van der Waals surface area contributed by atoms with Gasteiger partial charge in [-0.15, -0.1) is 0 Å². The molecule has 6 heteroatoms. The summed E-state index contributed by atoms with van der Waals surface area (Å²) in [5, 5.41) is 6.42. The van der Waals surface area contributed by atoms with Gasteiger partial charge in [-0.25, -0.2) is 14.8 Å². The molecule has 0 spiro atoms. The molecule has 1 heterocycles. The molecule has 2 aromatic carbocycles. The van der Waals surface area contributed by atoms with Crippen molar-refractivity contribution in [3.8, 4) is 0 Å². The van der Waals surface area contributed by atoms with Crippen molar-refractivity contribution < 1.29 is 9.53 Å². The van der Waals surface area contributed by atoms with Crippen molar-refractivity contribution in [1.82, 2.24) is 9.97 Å². The third-order valence-corrected chi connectivity index (χ3v) is 3.86. The number of aromatic nitrogens is 2. The van der Waals surface area contributed by atoms with Crippen LogP contribution in [0.1, 0.15) is 22.8 Å². The molecule has 0 bridgehead atoms. The fourth-order valence-electron chi connectivity index (χ4n) is 2.46. The van der Waals surface area contributed by atoms with Crippen molar-refractivity contribution >= 4 is 29.0 Å². The van der Waals surface area contributed by atoms with Crippen LogP contribution in [0.25, 0.3) is 0 Å². The fraction of sp³-hybridized carbons (Fsp3) is 0.150. The number of benzene rings is 2. The van der Waals surface area contributed by atoms with E-state index in [1.165, 1.54) is 19.0 Å². The zero-order chi connectivity index (χ0) is 18.4. The van der Waals surface area contributed by atoms with Crippen LogP contribution >= 0.6 is 0 Å². The fourth-order valence-corrected chi connectivity index (χ4v) is 2.46. The Labute approximate surface area is 152 Å². The second-order valence-corrected chi connectivity index (χ2v) is 5.66. The van der Waals surface area contributed by atoms with Crippen LogP contribution in [0.5, 0.6) is 0 Å². The first-order chi connectivity index (χ1) is 12.7. The predicted octanol–water partition coefficient (Wildman–Crippen LogP) is 4.31. The average molecular weight is 348 g/mol. The number of hydrogen-bond acceptors (Lipinski definition) is 6. The quantitative estimate of drug-likeness (QED) is 0.646. The molecule has 3 aromatic rings. The van der Waals surface area contributed by atoms with Gasteiger partial charge >= 0.3 is 5.97 Å². The lowest BCUT2D eigenvalue weighted by molar-refractivity contribution is 0.0601. The standard InChI is InChI=1S/C20H20N4O2/c1-3-14-7-9-16(10-8-14)23-18-12-19(22-13-21-18)24-17-6-4-5-15(11-17)20(25)26-2/h4-13H,3H2,1-2H3,(H2,21,22,23,24). The number of aryl methyl sites for hydroxylation is 1. The first-order valence-corrected chi connectivity index (χ1v) is 8.31. The molecule has 0 aliphatic carbocycles. The van der Waals surface area contributed by atoms with Gasteiger partial charge in [-0.1, -0.05) is 25.1 Å². The third-order valence-electron chi connectivity index (χ3n) is 3.86. The molecular weight excluding hydrogens is 328 g/mol. The minimum absolute atomic E-state index is 0.380. The maximum atomic E-state index is 11.6. The van der Waals surface area contributed by atoms with E-state index in [9.17, 15) is 4.79 Å². The summed E-state index contributed by atoms with van der Waals surface area (Å²) < 4.78 is 4.74. The minimum atomic E-state index is -0.380. The number of nitrogens with zero attached hydrogens (tertiary/aromatic N) is 2. The monoisotopic (exact) mass is 348 g/mol. The molecule has 0 saturated carbocycles. The van der Waals surface area contributed by atoms with Crippen molar-refractivity contribution in [1.29, 1.82) is 0 Å². The third kappa shape index (κ3) is 4.36. The Hall–Kier alpha value is -3.41. The van der Waals surface area contributed by atoms with Crippen molar-refractivity contribution in [2.75, 3.05) is 17.7 Å². The second kappa shape index (κ2) is 8.11. The van der Waals surface area contributed by atoms with E-state index in [1.54, 1.807) is 24.3 Å². The molecule has 3 rings (SSSR count). The maximum Gasteiger partial charge on any atom is 0.337 e. The Kier molecular flexibility index (Phi) is 5.43. The topological polar surface area (TPSA) is 76.1 Å². The van der Waals surface area contributed by atoms with Gasteiger partial charge in [0.1, 0.15) is 18.0 Å². The minimum Gasteiger partial charge on any atom is -0.465 e. The summed E-state index contributed by atoms with van der Waals surface area (Å²) in [6.07, 6.45) is 2.49. The van der Waals surface area contributed by atoms with Crippen molar-refractivity contribution in [3.63, 3.8) is 0 Å². The highest BCUT2D eigenvalue weighted by Gasteiger charge is 2.06. The SMILES string of the molecule is CCc1ccc(Nc2cc(Nc3cccc(C(=O)OC)c3)ncn2)cc1. The number of ether oxygens (including phenoxy) is 1. The van der Waals surface area contributed by atoms with Crippen LogP contribution in [0.15, 0.2) is 60.9 Å². The molecular formula is C20H20N4O2. The molecule has 0 atom stereocenters. The molecule has 0 amide bonds. The molecule has 0 radical (unpaired) electrons. The van der Waals surface area contributed by atoms with Crippen molar-refractivity contribution in [3.05, 3.63) is 72.1 Å². The number of carbonyl (C=O) groups is 1. The van der Waals surface area contributed by atoms with Gasteiger partial charge in [-0.3, -0.25) is 0 Å². The van der Waals surface area contributed by atoms with E-state index >= 15 is 0 Å². The lowest BCUT2D eigenvalue weighted by atomic mass is 10.1. The van der Waals surface area contributed by atoms with E-state index in [-0.39, 0.29) is 5.97 Å². The van der Waals surface area contributed by atoms with Crippen LogP contribution in [0.3, 0.4) is 0 Å². The number of rotatable bonds is 6. The lowest BCUT2D eigenvalue weighted by Gasteiger charge is -2.10. The number of anilines is 4. The number of methoxy groups -OCH3 is 1. The van der Waals surface area contributed by atoms with E-state index in [0.29, 0.717) is 17.2 Å². The molecule has 132 valence electrons. The van der Waals surface area contributed by atoms with Gasteiger partial charge in [-0.2, -0.15) is 0 Å². The van der Waals surface area contributed by atoms with E-state index in [4.69, 9.17) is 4.74 Å². The summed E-state index contributed by atoms with van der Waals surface area (Å²) in [7, 11) is 1.36. The van der Waals surface area contributed by atoms with Crippen molar-refractivity contribution in [2.45, 2.75) is 13.3 Å². The molecule has 0 unspecified atom stereocenters. The predicted molar refractivity (Wildman–Crippen MR) is 102 cm³/mol. The molecule has 0 saturated heterocycles. The molecule has 0 aliphatic rings. The maximum absolute atomic E-state index is 11.6. The van der Waals surface area contributed by atoms with Gasteiger partial charge in [0.2, 0.25) is 0 Å². The lowest BCUT2D eigenvalue weighted by Crippen LogP contribution is -2.02. The Morgan fingerprint density at radius 3 is 2.31 bits per heavy atom. The van der Waals surface area contributed by atoms with E-state index in [2.05, 4.69) is 39.7 Å². The summed E-state index contributed by atoms with van der Waals surface area (Å²) in [4.78, 5) is 20.1. The summed E-state index contributed by atoms with van der Waals surface area (Å²) in [5.74, 6) is 0.916. The first-order valence-electron chi connectivity index (χ1n) is 8.31. The van der Waals surface area contributed by atoms with Crippen LogP contribution in [0, 0.1) is 0 Å². The molecule has 2 N–H and O–H groups in total. The number of nitrogens with one attached hydrogen (secondary N) is 2. The Morgan fingerprint density at radius 2 is 1.65 bits per heavy atom. The summed E-state index contributed by atoms with van der Waals surface area (Å²) >= 11 is 0. The van der Waals surface area contributed by atoms with E-state index in [1.807, 2.05) is 18.2 Å². The van der Waals surface area contributed by atoms with Crippen molar-refractivity contribution in [2.24, 2.45) is 0 Å². The first kappa shape index (κ1) is 17.4. The zero-order valence-electron chi connectivity index (χ0n) is 14.7. The van der Waals surface area contributed by atoms with Crippen LogP contribution in [-0.4, -0.2) is 23.0 Å². The van der Waals surface area contributed by atoms with E-state index in [0.717, 1.165) is 17.8 Å². The number of esters is 1. The molecule has 6 nitrogen and oxygen atoms in total. The van der Waals surface area contributed by atoms with Crippen LogP contribution in [0.2, 0.25) is 0 Å². The largest absolute Gasteiger partial charge is 0.465 e. The smallest absolute Gasteiger partial charge is 0.337 e. The van der Waals surface area contributed by atoms with Gasteiger partial charge in [0.05, 0.1) is 12.7 Å². The number of hydrogen-bond donors (Lipinski definition) is 2. The second-order valence-electron chi connectivity index (χ2n) is 5.66. The molecule has 0 aliphatic heterocycles. The van der Waals surface area contributed by atoms with Crippen LogP contribution < -0.4 is 10.6 Å². The van der Waals surface area contributed by atoms with Crippen LogP contribution in [-0.2, 0) is 11.2 Å². The summed E-state index contributed by atoms with van der Waals surface area (Å²) in [5.41, 5.74) is 3.45. The molecule has 0 fully saturated rings. The Morgan fingerprint density at radius 1 is 0.962 bits per heavy atom. The normalized spacial score (nSPS) is 10.2. The average Bonchev–Trinajstić information content (AvgIpc) is 2.68. The summed E-state index contributed by atoms with van der Waals surface area (Å²) in [6.45, 7) is 2.12. The Balaban J connectivity index is 1.73. The van der Waals surface area contributed by atoms with Crippen LogP contribution in [0.4, 0.5) is 23.0 Å². The van der Waals surface area contributed by atoms with E-state index < -0.39 is 0 Å².